The van der Waals surface area contributed by atoms with E-state index in [1.54, 1.807) is 0 Å². The minimum Gasteiger partial charge on any atom is -0.207 e. The fraction of sp³-hybridized carbons (Fsp3) is 0.143. The lowest BCUT2D eigenvalue weighted by Crippen LogP contribution is -2.37. The maximum absolute atomic E-state index is 13.8. The third-order valence-electron chi connectivity index (χ3n) is 3.11. The van der Waals surface area contributed by atoms with Crippen LogP contribution in [0.15, 0.2) is 24.3 Å². The van der Waals surface area contributed by atoms with Crippen LogP contribution in [0.1, 0.15) is 11.1 Å². The number of rotatable bonds is 2. The van der Waals surface area contributed by atoms with Gasteiger partial charge in [0.25, 0.3) is 0 Å². The largest absolute Gasteiger partial charge is 0.207 e. The zero-order valence-electron chi connectivity index (χ0n) is 10.5. The number of hydrogen-bond donors (Lipinski definition) is 0. The molecular formula is C14H11BF4. The summed E-state index contributed by atoms with van der Waals surface area (Å²) in [5, 5.41) is 0. The highest BCUT2D eigenvalue weighted by atomic mass is 19.1. The first-order valence-electron chi connectivity index (χ1n) is 5.78. The van der Waals surface area contributed by atoms with Crippen LogP contribution in [0.2, 0.25) is 0 Å². The van der Waals surface area contributed by atoms with Crippen LogP contribution in [0.4, 0.5) is 17.6 Å². The quantitative estimate of drug-likeness (QED) is 0.577. The molecule has 2 aromatic carbocycles. The van der Waals surface area contributed by atoms with E-state index in [1.807, 2.05) is 0 Å². The van der Waals surface area contributed by atoms with Crippen LogP contribution in [0, 0.1) is 37.1 Å². The molecule has 98 valence electrons. The van der Waals surface area contributed by atoms with Crippen molar-refractivity contribution in [1.29, 1.82) is 0 Å². The summed E-state index contributed by atoms with van der Waals surface area (Å²) in [5.74, 6) is -3.13. The molecule has 0 heterocycles. The molecule has 5 heteroatoms. The fourth-order valence-electron chi connectivity index (χ4n) is 1.93. The molecule has 0 aliphatic heterocycles. The van der Waals surface area contributed by atoms with Gasteiger partial charge in [0.1, 0.15) is 23.3 Å². The fourth-order valence-corrected chi connectivity index (χ4v) is 1.93. The molecule has 0 bridgehead atoms. The van der Waals surface area contributed by atoms with Crippen molar-refractivity contribution in [3.8, 4) is 0 Å². The second kappa shape index (κ2) is 5.07. The minimum atomic E-state index is -0.802. The number of benzene rings is 2. The number of aryl methyl sites for hydroxylation is 2. The molecule has 2 aromatic rings. The Kier molecular flexibility index (Phi) is 3.65. The van der Waals surface area contributed by atoms with Crippen LogP contribution >= 0.6 is 0 Å². The van der Waals surface area contributed by atoms with Gasteiger partial charge in [0.2, 0.25) is 7.28 Å². The molecule has 0 saturated carbocycles. The van der Waals surface area contributed by atoms with Gasteiger partial charge in [-0.3, -0.25) is 0 Å². The Morgan fingerprint density at radius 2 is 1.05 bits per heavy atom. The summed E-state index contributed by atoms with van der Waals surface area (Å²) in [6, 6.07) is 4.77. The SMILES string of the molecule is Cc1ccc(F)c(Bc2c(F)ccc(C)c2F)c1F. The smallest absolute Gasteiger partial charge is 0.207 e. The summed E-state index contributed by atoms with van der Waals surface area (Å²) in [6.45, 7) is 2.95. The lowest BCUT2D eigenvalue weighted by Gasteiger charge is -2.09. The third kappa shape index (κ3) is 2.50. The molecule has 0 spiro atoms. The van der Waals surface area contributed by atoms with Gasteiger partial charge >= 0.3 is 0 Å². The summed E-state index contributed by atoms with van der Waals surface area (Å²) >= 11 is 0. The molecule has 0 aromatic heterocycles. The summed E-state index contributed by atoms with van der Waals surface area (Å²) in [5.41, 5.74) is -0.151. The third-order valence-corrected chi connectivity index (χ3v) is 3.11. The van der Waals surface area contributed by atoms with Gasteiger partial charge in [-0.25, -0.2) is 17.6 Å². The highest BCUT2D eigenvalue weighted by Crippen LogP contribution is 2.08. The monoisotopic (exact) mass is 266 g/mol. The average molecular weight is 266 g/mol. The first-order chi connectivity index (χ1) is 8.91. The van der Waals surface area contributed by atoms with Crippen molar-refractivity contribution in [3.63, 3.8) is 0 Å². The molecule has 0 nitrogen and oxygen atoms in total. The van der Waals surface area contributed by atoms with Crippen LogP contribution in [-0.4, -0.2) is 7.28 Å². The Bertz CT molecular complexity index is 582. The van der Waals surface area contributed by atoms with Crippen LogP contribution in [0.25, 0.3) is 0 Å². The molecule has 0 amide bonds. The predicted molar refractivity (Wildman–Crippen MR) is 68.6 cm³/mol. The second-order valence-corrected chi connectivity index (χ2v) is 4.49. The van der Waals surface area contributed by atoms with Gasteiger partial charge in [0, 0.05) is 0 Å². The van der Waals surface area contributed by atoms with Gasteiger partial charge in [-0.2, -0.15) is 0 Å². The molecule has 0 aliphatic rings. The molecule has 0 N–H and O–H groups in total. The van der Waals surface area contributed by atoms with Gasteiger partial charge in [-0.05, 0) is 48.0 Å². The van der Waals surface area contributed by atoms with Crippen LogP contribution in [0.3, 0.4) is 0 Å². The van der Waals surface area contributed by atoms with Crippen molar-refractivity contribution in [3.05, 3.63) is 58.7 Å². The van der Waals surface area contributed by atoms with Crippen LogP contribution in [0.5, 0.6) is 0 Å². The maximum atomic E-state index is 13.8. The van der Waals surface area contributed by atoms with Crippen molar-refractivity contribution >= 4 is 18.2 Å². The van der Waals surface area contributed by atoms with Crippen molar-refractivity contribution < 1.29 is 17.6 Å². The molecular weight excluding hydrogens is 255 g/mol. The summed E-state index contributed by atoms with van der Waals surface area (Å²) in [6.07, 6.45) is 0. The first-order valence-corrected chi connectivity index (χ1v) is 5.78. The zero-order chi connectivity index (χ0) is 14.2. The van der Waals surface area contributed by atoms with Crippen LogP contribution in [-0.2, 0) is 0 Å². The van der Waals surface area contributed by atoms with Crippen LogP contribution < -0.4 is 10.9 Å². The number of hydrogen-bond acceptors (Lipinski definition) is 0. The molecule has 0 aliphatic carbocycles. The highest BCUT2D eigenvalue weighted by Gasteiger charge is 2.19. The van der Waals surface area contributed by atoms with E-state index in [0.717, 1.165) is 12.1 Å². The lowest BCUT2D eigenvalue weighted by molar-refractivity contribution is 0.587. The van der Waals surface area contributed by atoms with E-state index in [1.165, 1.54) is 26.0 Å². The van der Waals surface area contributed by atoms with Crippen molar-refractivity contribution in [2.75, 3.05) is 0 Å². The van der Waals surface area contributed by atoms with E-state index >= 15 is 0 Å². The molecule has 0 atom stereocenters. The minimum absolute atomic E-state index is 0.241. The van der Waals surface area contributed by atoms with Gasteiger partial charge < -0.3 is 0 Å². The Hall–Kier alpha value is -1.78. The molecule has 0 unspecified atom stereocenters. The normalized spacial score (nSPS) is 10.6. The number of halogens is 4. The van der Waals surface area contributed by atoms with Crippen molar-refractivity contribution in [2.45, 2.75) is 13.8 Å². The van der Waals surface area contributed by atoms with E-state index in [4.69, 9.17) is 0 Å². The second-order valence-electron chi connectivity index (χ2n) is 4.49. The molecule has 0 saturated heterocycles. The van der Waals surface area contributed by atoms with E-state index in [0.29, 0.717) is 0 Å². The first kappa shape index (κ1) is 13.7. The Morgan fingerprint density at radius 3 is 1.42 bits per heavy atom. The van der Waals surface area contributed by atoms with Crippen molar-refractivity contribution in [1.82, 2.24) is 0 Å². The Balaban J connectivity index is 2.54. The highest BCUT2D eigenvalue weighted by molar-refractivity contribution is 6.67. The van der Waals surface area contributed by atoms with Crippen molar-refractivity contribution in [2.24, 2.45) is 0 Å². The van der Waals surface area contributed by atoms with Gasteiger partial charge in [-0.15, -0.1) is 0 Å². The molecule has 0 fully saturated rings. The zero-order valence-corrected chi connectivity index (χ0v) is 10.5. The van der Waals surface area contributed by atoms with E-state index in [-0.39, 0.29) is 22.1 Å². The molecule has 0 radical (unpaired) electrons. The topological polar surface area (TPSA) is 0 Å². The van der Waals surface area contributed by atoms with Gasteiger partial charge in [-0.1, -0.05) is 12.1 Å². The standard InChI is InChI=1S/C14H11BF4/c1-7-3-5-9(16)11(13(7)18)15-12-10(17)6-4-8(2)14(12)19/h3-6,15H,1-2H3. The predicted octanol–water partition coefficient (Wildman–Crippen LogP) is 2.25. The average Bonchev–Trinajstić information content (AvgIpc) is 2.38. The summed E-state index contributed by atoms with van der Waals surface area (Å²) in [4.78, 5) is 0. The van der Waals surface area contributed by atoms with Gasteiger partial charge in [0.15, 0.2) is 0 Å². The summed E-state index contributed by atoms with van der Waals surface area (Å²) < 4.78 is 54.8. The molecule has 19 heavy (non-hydrogen) atoms. The maximum Gasteiger partial charge on any atom is 0.207 e. The van der Waals surface area contributed by atoms with E-state index in [2.05, 4.69) is 0 Å². The summed E-state index contributed by atoms with van der Waals surface area (Å²) in [7, 11) is -0.446. The Labute approximate surface area is 109 Å². The van der Waals surface area contributed by atoms with E-state index < -0.39 is 30.5 Å². The van der Waals surface area contributed by atoms with E-state index in [9.17, 15) is 17.6 Å². The molecule has 2 rings (SSSR count). The lowest BCUT2D eigenvalue weighted by atomic mass is 9.62. The Morgan fingerprint density at radius 1 is 0.684 bits per heavy atom. The van der Waals surface area contributed by atoms with Gasteiger partial charge in [0.05, 0.1) is 0 Å².